The molecule has 0 amide bonds. The average molecular weight is 434 g/mol. The number of guanidine groups is 1. The van der Waals surface area contributed by atoms with Gasteiger partial charge in [0.25, 0.3) is 0 Å². The highest BCUT2D eigenvalue weighted by Crippen LogP contribution is 2.32. The van der Waals surface area contributed by atoms with Crippen molar-refractivity contribution in [2.75, 3.05) is 45.9 Å². The van der Waals surface area contributed by atoms with Gasteiger partial charge in [-0.05, 0) is 63.3 Å². The van der Waals surface area contributed by atoms with Gasteiger partial charge >= 0.3 is 0 Å². The molecule has 1 saturated heterocycles. The summed E-state index contributed by atoms with van der Waals surface area (Å²) in [4.78, 5) is 7.29. The fourth-order valence-corrected chi connectivity index (χ4v) is 4.55. The summed E-state index contributed by atoms with van der Waals surface area (Å²) in [5.74, 6) is 5.17. The molecule has 1 aliphatic heterocycles. The third-order valence-corrected chi connectivity index (χ3v) is 7.00. The zero-order chi connectivity index (χ0) is 22.1. The number of rotatable bonds is 9. The maximum absolute atomic E-state index is 5.44. The van der Waals surface area contributed by atoms with E-state index in [1.165, 1.54) is 25.7 Å². The molecular weight excluding hydrogens is 390 g/mol. The molecule has 1 aromatic rings. The quantitative estimate of drug-likeness (QED) is 0.354. The molecule has 2 fully saturated rings. The second-order valence-electron chi connectivity index (χ2n) is 9.53. The zero-order valence-electron chi connectivity index (χ0n) is 20.1. The Morgan fingerprint density at radius 1 is 1.13 bits per heavy atom. The smallest absolute Gasteiger partial charge is 0.191 e. The Morgan fingerprint density at radius 2 is 1.87 bits per heavy atom. The van der Waals surface area contributed by atoms with Crippen molar-refractivity contribution in [2.45, 2.75) is 59.4 Å². The first-order chi connectivity index (χ1) is 15.0. The fourth-order valence-electron chi connectivity index (χ4n) is 4.55. The molecule has 176 valence electrons. The molecule has 0 bridgehead atoms. The van der Waals surface area contributed by atoms with Crippen LogP contribution in [0.2, 0.25) is 0 Å². The number of hydrogen-bond acceptors (Lipinski definition) is 5. The summed E-state index contributed by atoms with van der Waals surface area (Å²) in [6, 6.07) is 0. The van der Waals surface area contributed by atoms with Crippen molar-refractivity contribution in [1.82, 2.24) is 30.3 Å². The molecule has 8 nitrogen and oxygen atoms in total. The maximum atomic E-state index is 5.44. The van der Waals surface area contributed by atoms with E-state index >= 15 is 0 Å². The van der Waals surface area contributed by atoms with Crippen LogP contribution in [0.1, 0.15) is 57.6 Å². The van der Waals surface area contributed by atoms with Gasteiger partial charge in [0.15, 0.2) is 11.8 Å². The minimum atomic E-state index is 0.538. The first-order valence-corrected chi connectivity index (χ1v) is 12.2. The number of nitrogens with one attached hydrogen (secondary N) is 2. The van der Waals surface area contributed by atoms with E-state index in [-0.39, 0.29) is 0 Å². The average Bonchev–Trinajstić information content (AvgIpc) is 3.11. The molecule has 1 aromatic heterocycles. The molecule has 0 spiro atoms. The second-order valence-corrected chi connectivity index (χ2v) is 9.53. The van der Waals surface area contributed by atoms with Crippen molar-refractivity contribution in [2.24, 2.45) is 29.8 Å². The van der Waals surface area contributed by atoms with Gasteiger partial charge in [-0.3, -0.25) is 4.90 Å². The highest BCUT2D eigenvalue weighted by molar-refractivity contribution is 5.79. The molecule has 2 N–H and O–H groups in total. The Kier molecular flexibility index (Phi) is 9.58. The fraction of sp³-hybridized carbons (Fsp3) is 0.870. The van der Waals surface area contributed by atoms with Crippen LogP contribution in [0.3, 0.4) is 0 Å². The molecule has 8 heteroatoms. The van der Waals surface area contributed by atoms with Gasteiger partial charge in [-0.2, -0.15) is 0 Å². The largest absolute Gasteiger partial charge is 0.379 e. The van der Waals surface area contributed by atoms with Crippen molar-refractivity contribution >= 4 is 5.96 Å². The van der Waals surface area contributed by atoms with Gasteiger partial charge in [-0.15, -0.1) is 10.2 Å². The summed E-state index contributed by atoms with van der Waals surface area (Å²) in [5.41, 5.74) is 0. The first kappa shape index (κ1) is 24.0. The van der Waals surface area contributed by atoms with E-state index in [1.807, 2.05) is 18.5 Å². The number of aromatic nitrogens is 3. The molecule has 1 aliphatic carbocycles. The first-order valence-electron chi connectivity index (χ1n) is 12.2. The Morgan fingerprint density at radius 3 is 2.52 bits per heavy atom. The predicted molar refractivity (Wildman–Crippen MR) is 125 cm³/mol. The molecule has 0 unspecified atom stereocenters. The maximum Gasteiger partial charge on any atom is 0.191 e. The van der Waals surface area contributed by atoms with E-state index in [9.17, 15) is 0 Å². The van der Waals surface area contributed by atoms with Crippen LogP contribution in [-0.4, -0.2) is 71.6 Å². The number of aliphatic imine (C=N–C) groups is 1. The van der Waals surface area contributed by atoms with Gasteiger partial charge in [0.05, 0.1) is 13.2 Å². The van der Waals surface area contributed by atoms with E-state index in [0.717, 1.165) is 87.7 Å². The minimum absolute atomic E-state index is 0.538. The Balaban J connectivity index is 1.47. The Hall–Kier alpha value is -1.67. The molecule has 2 aliphatic rings. The molecule has 2 heterocycles. The summed E-state index contributed by atoms with van der Waals surface area (Å²) >= 11 is 0. The highest BCUT2D eigenvalue weighted by Gasteiger charge is 2.23. The molecule has 1 saturated carbocycles. The minimum Gasteiger partial charge on any atom is -0.379 e. The predicted octanol–water partition coefficient (Wildman–Crippen LogP) is 2.34. The van der Waals surface area contributed by atoms with E-state index in [4.69, 9.17) is 9.73 Å². The van der Waals surface area contributed by atoms with Crippen LogP contribution in [0.4, 0.5) is 0 Å². The van der Waals surface area contributed by atoms with E-state index in [0.29, 0.717) is 6.54 Å². The van der Waals surface area contributed by atoms with Gasteiger partial charge in [0.2, 0.25) is 0 Å². The normalized spacial score (nSPS) is 23.3. The number of nitrogens with zero attached hydrogens (tertiary/aromatic N) is 5. The van der Waals surface area contributed by atoms with Crippen LogP contribution >= 0.6 is 0 Å². The van der Waals surface area contributed by atoms with Gasteiger partial charge in [-0.25, -0.2) is 4.99 Å². The van der Waals surface area contributed by atoms with Gasteiger partial charge < -0.3 is 19.9 Å². The van der Waals surface area contributed by atoms with Crippen LogP contribution in [0.25, 0.3) is 0 Å². The van der Waals surface area contributed by atoms with Crippen molar-refractivity contribution in [1.29, 1.82) is 0 Å². The van der Waals surface area contributed by atoms with Gasteiger partial charge in [0.1, 0.15) is 12.4 Å². The number of aryl methyl sites for hydroxylation is 1. The third-order valence-electron chi connectivity index (χ3n) is 7.00. The zero-order valence-corrected chi connectivity index (χ0v) is 20.1. The molecule has 0 atom stereocenters. The molecule has 3 rings (SSSR count). The van der Waals surface area contributed by atoms with Crippen molar-refractivity contribution in [3.05, 3.63) is 11.6 Å². The Bertz CT molecular complexity index is 673. The van der Waals surface area contributed by atoms with E-state index in [1.54, 1.807) is 0 Å². The number of ether oxygens (including phenoxy) is 1. The molecule has 31 heavy (non-hydrogen) atoms. The summed E-state index contributed by atoms with van der Waals surface area (Å²) in [7, 11) is 2.00. The van der Waals surface area contributed by atoms with Crippen LogP contribution in [0.15, 0.2) is 4.99 Å². The van der Waals surface area contributed by atoms with Crippen molar-refractivity contribution in [3.8, 4) is 0 Å². The summed E-state index contributed by atoms with van der Waals surface area (Å²) in [6.45, 7) is 14.1. The van der Waals surface area contributed by atoms with Gasteiger partial charge in [-0.1, -0.05) is 13.8 Å². The van der Waals surface area contributed by atoms with Crippen LogP contribution in [0.5, 0.6) is 0 Å². The summed E-state index contributed by atoms with van der Waals surface area (Å²) < 4.78 is 7.45. The molecule has 0 radical (unpaired) electrons. The van der Waals surface area contributed by atoms with E-state index < -0.39 is 0 Å². The van der Waals surface area contributed by atoms with Crippen LogP contribution < -0.4 is 10.6 Å². The topological polar surface area (TPSA) is 79.6 Å². The standard InChI is InChI=1S/C23H43N7O/c1-18(2)21-8-6-20(7-9-21)16-25-23(26-17-22-28-27-19(3)29(22)4)24-10-5-11-30-12-14-31-15-13-30/h18,20-21H,5-17H2,1-4H3,(H2,24,25,26). The second kappa shape index (κ2) is 12.4. The van der Waals surface area contributed by atoms with Gasteiger partial charge in [0, 0.05) is 33.2 Å². The lowest BCUT2D eigenvalue weighted by Crippen LogP contribution is -2.42. The Labute approximate surface area is 188 Å². The van der Waals surface area contributed by atoms with E-state index in [2.05, 4.69) is 39.6 Å². The van der Waals surface area contributed by atoms with Crippen molar-refractivity contribution < 1.29 is 4.74 Å². The molecule has 0 aromatic carbocycles. The number of hydrogen-bond donors (Lipinski definition) is 2. The van der Waals surface area contributed by atoms with Crippen molar-refractivity contribution in [3.63, 3.8) is 0 Å². The van der Waals surface area contributed by atoms with Crippen LogP contribution in [-0.2, 0) is 18.3 Å². The summed E-state index contributed by atoms with van der Waals surface area (Å²) in [6.07, 6.45) is 6.47. The highest BCUT2D eigenvalue weighted by atomic mass is 16.5. The SMILES string of the molecule is Cc1nnc(CN=C(NCCCN2CCOCC2)NCC2CCC(C(C)C)CC2)n1C. The van der Waals surface area contributed by atoms with Crippen LogP contribution in [0, 0.1) is 24.7 Å². The lowest BCUT2D eigenvalue weighted by atomic mass is 9.77. The third kappa shape index (κ3) is 7.75. The molecular formula is C23H43N7O. The summed E-state index contributed by atoms with van der Waals surface area (Å²) in [5, 5.41) is 15.6. The lowest BCUT2D eigenvalue weighted by molar-refractivity contribution is 0.0376. The monoisotopic (exact) mass is 433 g/mol. The number of morpholine rings is 1. The lowest BCUT2D eigenvalue weighted by Gasteiger charge is -2.31.